The molecule has 0 aromatic heterocycles. The number of hydrogen-bond donors (Lipinski definition) is 3. The number of nitrogens with zero attached hydrogens (tertiary/aromatic N) is 1. The van der Waals surface area contributed by atoms with Crippen LogP contribution in [0.25, 0.3) is 0 Å². The summed E-state index contributed by atoms with van der Waals surface area (Å²) in [6, 6.07) is 10.8. The first-order valence-electron chi connectivity index (χ1n) is 7.63. The zero-order valence-corrected chi connectivity index (χ0v) is 14.4. The number of aliphatic hydroxyl groups is 1. The monoisotopic (exact) mass is 347 g/mol. The zero-order valence-electron chi connectivity index (χ0n) is 14.4. The van der Waals surface area contributed by atoms with Gasteiger partial charge in [-0.1, -0.05) is 12.1 Å². The number of benzene rings is 2. The summed E-state index contributed by atoms with van der Waals surface area (Å²) in [4.78, 5) is 4.16. The van der Waals surface area contributed by atoms with Gasteiger partial charge in [0.05, 0.1) is 26.5 Å². The van der Waals surface area contributed by atoms with Crippen molar-refractivity contribution >= 4 is 11.6 Å². The molecule has 4 N–H and O–H groups in total. The normalized spacial score (nSPS) is 13.9. The molecular formula is C18H22FN3O3. The molecule has 25 heavy (non-hydrogen) atoms. The van der Waals surface area contributed by atoms with E-state index in [1.54, 1.807) is 39.3 Å². The van der Waals surface area contributed by atoms with E-state index >= 15 is 0 Å². The van der Waals surface area contributed by atoms with E-state index in [9.17, 15) is 9.50 Å². The molecule has 0 bridgehead atoms. The van der Waals surface area contributed by atoms with Crippen LogP contribution < -0.4 is 20.5 Å². The average molecular weight is 347 g/mol. The van der Waals surface area contributed by atoms with Crippen molar-refractivity contribution in [2.24, 2.45) is 10.7 Å². The topological polar surface area (TPSA) is 89.1 Å². The van der Waals surface area contributed by atoms with Crippen LogP contribution in [0.4, 0.5) is 10.1 Å². The summed E-state index contributed by atoms with van der Waals surface area (Å²) in [6.07, 6.45) is 0. The van der Waals surface area contributed by atoms with Crippen LogP contribution in [0, 0.1) is 5.82 Å². The number of guanidine groups is 1. The summed E-state index contributed by atoms with van der Waals surface area (Å²) in [5.74, 6) is 0.946. The Kier molecular flexibility index (Phi) is 5.82. The molecule has 0 spiro atoms. The number of anilines is 1. The summed E-state index contributed by atoms with van der Waals surface area (Å²) < 4.78 is 23.4. The predicted molar refractivity (Wildman–Crippen MR) is 95.6 cm³/mol. The van der Waals surface area contributed by atoms with E-state index in [2.05, 4.69) is 10.3 Å². The average Bonchev–Trinajstić information content (AvgIpc) is 2.60. The largest absolute Gasteiger partial charge is 0.497 e. The fourth-order valence-corrected chi connectivity index (χ4v) is 2.23. The van der Waals surface area contributed by atoms with Crippen molar-refractivity contribution in [3.05, 3.63) is 53.8 Å². The minimum absolute atomic E-state index is 0.00372. The van der Waals surface area contributed by atoms with Gasteiger partial charge in [-0.25, -0.2) is 9.38 Å². The zero-order chi connectivity index (χ0) is 18.4. The Labute approximate surface area is 146 Å². The van der Waals surface area contributed by atoms with Gasteiger partial charge in [-0.05, 0) is 36.8 Å². The highest BCUT2D eigenvalue weighted by atomic mass is 19.1. The molecule has 0 aliphatic carbocycles. The fraction of sp³-hybridized carbons (Fsp3) is 0.278. The minimum Gasteiger partial charge on any atom is -0.497 e. The molecule has 0 aliphatic rings. The number of aliphatic imine (C=N–C) groups is 1. The summed E-state index contributed by atoms with van der Waals surface area (Å²) in [5.41, 5.74) is 5.76. The standard InChI is InChI=1S/C18H22FN3O3/c1-18(23,12-4-6-13(19)7-5-12)11-21-17(20)22-15-10-14(24-2)8-9-16(15)25-3/h4-10,23H,11H2,1-3H3,(H3,20,21,22). The molecule has 0 fully saturated rings. The van der Waals surface area contributed by atoms with Crippen LogP contribution in [-0.2, 0) is 5.60 Å². The molecule has 0 aliphatic heterocycles. The number of halogens is 1. The van der Waals surface area contributed by atoms with Crippen molar-refractivity contribution in [2.75, 3.05) is 26.1 Å². The number of hydrogen-bond acceptors (Lipinski definition) is 4. The van der Waals surface area contributed by atoms with Crippen molar-refractivity contribution < 1.29 is 19.0 Å². The van der Waals surface area contributed by atoms with Crippen LogP contribution in [0.3, 0.4) is 0 Å². The van der Waals surface area contributed by atoms with Crippen LogP contribution in [0.1, 0.15) is 12.5 Å². The second-order valence-electron chi connectivity index (χ2n) is 5.67. The van der Waals surface area contributed by atoms with E-state index in [1.165, 1.54) is 24.3 Å². The maximum atomic E-state index is 13.0. The summed E-state index contributed by atoms with van der Waals surface area (Å²) in [7, 11) is 3.10. The lowest BCUT2D eigenvalue weighted by Crippen LogP contribution is -2.29. The highest BCUT2D eigenvalue weighted by Crippen LogP contribution is 2.28. The van der Waals surface area contributed by atoms with Crippen molar-refractivity contribution in [3.63, 3.8) is 0 Å². The molecule has 0 saturated carbocycles. The number of methoxy groups -OCH3 is 2. The molecule has 2 aromatic carbocycles. The Bertz CT molecular complexity index is 746. The van der Waals surface area contributed by atoms with Crippen LogP contribution in [0.15, 0.2) is 47.5 Å². The van der Waals surface area contributed by atoms with Gasteiger partial charge in [-0.3, -0.25) is 0 Å². The number of rotatable bonds is 6. The predicted octanol–water partition coefficient (Wildman–Crippen LogP) is 2.48. The fourth-order valence-electron chi connectivity index (χ4n) is 2.23. The van der Waals surface area contributed by atoms with E-state index < -0.39 is 5.60 Å². The van der Waals surface area contributed by atoms with Crippen molar-refractivity contribution in [3.8, 4) is 11.5 Å². The van der Waals surface area contributed by atoms with E-state index in [1.807, 2.05) is 0 Å². The summed E-state index contributed by atoms with van der Waals surface area (Å²) in [5, 5.41) is 13.4. The quantitative estimate of drug-likeness (QED) is 0.552. The highest BCUT2D eigenvalue weighted by Gasteiger charge is 2.22. The second-order valence-corrected chi connectivity index (χ2v) is 5.67. The molecule has 0 radical (unpaired) electrons. The molecule has 2 rings (SSSR count). The summed E-state index contributed by atoms with van der Waals surface area (Å²) >= 11 is 0. The molecule has 6 nitrogen and oxygen atoms in total. The molecular weight excluding hydrogens is 325 g/mol. The van der Waals surface area contributed by atoms with Gasteiger partial charge in [-0.15, -0.1) is 0 Å². The van der Waals surface area contributed by atoms with Gasteiger partial charge in [0.25, 0.3) is 0 Å². The Morgan fingerprint density at radius 1 is 1.20 bits per heavy atom. The van der Waals surface area contributed by atoms with Gasteiger partial charge in [0.15, 0.2) is 5.96 Å². The SMILES string of the molecule is COc1ccc(OC)c(NC(N)=NCC(C)(O)c2ccc(F)cc2)c1. The lowest BCUT2D eigenvalue weighted by molar-refractivity contribution is 0.0673. The highest BCUT2D eigenvalue weighted by molar-refractivity contribution is 5.94. The third kappa shape index (κ3) is 4.84. The molecule has 2 aromatic rings. The first-order chi connectivity index (χ1) is 11.9. The van der Waals surface area contributed by atoms with Gasteiger partial charge >= 0.3 is 0 Å². The van der Waals surface area contributed by atoms with Gasteiger partial charge < -0.3 is 25.6 Å². The van der Waals surface area contributed by atoms with Crippen molar-refractivity contribution in [1.29, 1.82) is 0 Å². The van der Waals surface area contributed by atoms with Crippen LogP contribution in [0.5, 0.6) is 11.5 Å². The van der Waals surface area contributed by atoms with Crippen molar-refractivity contribution in [1.82, 2.24) is 0 Å². The van der Waals surface area contributed by atoms with E-state index in [-0.39, 0.29) is 18.3 Å². The number of nitrogens with one attached hydrogen (secondary N) is 1. The Balaban J connectivity index is 2.12. The third-order valence-corrected chi connectivity index (χ3v) is 3.69. The van der Waals surface area contributed by atoms with E-state index in [0.717, 1.165) is 0 Å². The first-order valence-corrected chi connectivity index (χ1v) is 7.63. The summed E-state index contributed by atoms with van der Waals surface area (Å²) in [6.45, 7) is 1.59. The van der Waals surface area contributed by atoms with Crippen LogP contribution in [0.2, 0.25) is 0 Å². The van der Waals surface area contributed by atoms with Crippen LogP contribution >= 0.6 is 0 Å². The van der Waals surface area contributed by atoms with Crippen molar-refractivity contribution in [2.45, 2.75) is 12.5 Å². The van der Waals surface area contributed by atoms with Gasteiger partial charge in [-0.2, -0.15) is 0 Å². The molecule has 1 unspecified atom stereocenters. The molecule has 0 saturated heterocycles. The molecule has 0 heterocycles. The van der Waals surface area contributed by atoms with Crippen LogP contribution in [-0.4, -0.2) is 31.8 Å². The molecule has 1 atom stereocenters. The number of nitrogens with two attached hydrogens (primary N) is 1. The Hall–Kier alpha value is -2.80. The lowest BCUT2D eigenvalue weighted by atomic mass is 9.96. The first kappa shape index (κ1) is 18.5. The molecule has 0 amide bonds. The Morgan fingerprint density at radius 2 is 1.88 bits per heavy atom. The Morgan fingerprint density at radius 3 is 2.48 bits per heavy atom. The van der Waals surface area contributed by atoms with Gasteiger partial charge in [0, 0.05) is 6.07 Å². The lowest BCUT2D eigenvalue weighted by Gasteiger charge is -2.22. The maximum absolute atomic E-state index is 13.0. The molecule has 7 heteroatoms. The third-order valence-electron chi connectivity index (χ3n) is 3.69. The van der Waals surface area contributed by atoms with E-state index in [4.69, 9.17) is 15.2 Å². The maximum Gasteiger partial charge on any atom is 0.193 e. The second kappa shape index (κ2) is 7.85. The van der Waals surface area contributed by atoms with E-state index in [0.29, 0.717) is 22.7 Å². The smallest absolute Gasteiger partial charge is 0.193 e. The van der Waals surface area contributed by atoms with Gasteiger partial charge in [0.2, 0.25) is 0 Å². The minimum atomic E-state index is -1.28. The number of ether oxygens (including phenoxy) is 2. The van der Waals surface area contributed by atoms with Gasteiger partial charge in [0.1, 0.15) is 22.9 Å². The molecule has 134 valence electrons.